The molecule has 1 N–H and O–H groups in total. The number of aromatic nitrogens is 2. The van der Waals surface area contributed by atoms with Gasteiger partial charge in [0.05, 0.1) is 11.9 Å². The first-order chi connectivity index (χ1) is 9.97. The summed E-state index contributed by atoms with van der Waals surface area (Å²) in [5, 5.41) is 7.79. The normalized spacial score (nSPS) is 22.5. The summed E-state index contributed by atoms with van der Waals surface area (Å²) in [7, 11) is 0. The lowest BCUT2D eigenvalue weighted by Gasteiger charge is -2.27. The van der Waals surface area contributed by atoms with Crippen molar-refractivity contribution in [3.05, 3.63) is 21.6 Å². The molecule has 2 atom stereocenters. The highest BCUT2D eigenvalue weighted by Gasteiger charge is 2.19. The van der Waals surface area contributed by atoms with E-state index in [2.05, 4.69) is 31.2 Å². The first-order valence-electron chi connectivity index (χ1n) is 7.96. The van der Waals surface area contributed by atoms with Crippen LogP contribution in [0.25, 0.3) is 0 Å². The van der Waals surface area contributed by atoms with E-state index in [4.69, 9.17) is 11.6 Å². The van der Waals surface area contributed by atoms with Crippen LogP contribution in [0.3, 0.4) is 0 Å². The molecule has 21 heavy (non-hydrogen) atoms. The van der Waals surface area contributed by atoms with E-state index in [-0.39, 0.29) is 10.6 Å². The molecular formula is C16H26ClN3O. The smallest absolute Gasteiger partial charge is 0.287 e. The predicted molar refractivity (Wildman–Crippen MR) is 88.0 cm³/mol. The molecule has 1 aromatic heterocycles. The Hall–Kier alpha value is -1.03. The summed E-state index contributed by atoms with van der Waals surface area (Å²) in [4.78, 5) is 12.2. The Kier molecular flexibility index (Phi) is 5.68. The Balaban J connectivity index is 2.00. The van der Waals surface area contributed by atoms with Crippen LogP contribution in [-0.2, 0) is 6.54 Å². The zero-order valence-electron chi connectivity index (χ0n) is 13.2. The third-order valence-electron chi connectivity index (χ3n) is 4.15. The number of rotatable bonds is 5. The summed E-state index contributed by atoms with van der Waals surface area (Å²) in [6.07, 6.45) is 6.83. The summed E-state index contributed by atoms with van der Waals surface area (Å²) in [5.74, 6) is 1.84. The maximum absolute atomic E-state index is 12.2. The van der Waals surface area contributed by atoms with Crippen LogP contribution in [0.5, 0.6) is 0 Å². The van der Waals surface area contributed by atoms with Crippen LogP contribution in [0.4, 0.5) is 5.69 Å². The van der Waals surface area contributed by atoms with E-state index < -0.39 is 0 Å². The number of nitrogens with one attached hydrogen (secondary N) is 1. The zero-order chi connectivity index (χ0) is 15.4. The zero-order valence-corrected chi connectivity index (χ0v) is 14.0. The van der Waals surface area contributed by atoms with Crippen molar-refractivity contribution in [2.24, 2.45) is 17.8 Å². The summed E-state index contributed by atoms with van der Waals surface area (Å²) < 4.78 is 1.45. The summed E-state index contributed by atoms with van der Waals surface area (Å²) in [5.41, 5.74) is 0.465. The highest BCUT2D eigenvalue weighted by atomic mass is 35.5. The van der Waals surface area contributed by atoms with Crippen molar-refractivity contribution < 1.29 is 0 Å². The number of halogens is 1. The highest BCUT2D eigenvalue weighted by Crippen LogP contribution is 2.29. The van der Waals surface area contributed by atoms with Gasteiger partial charge in [-0.25, -0.2) is 4.68 Å². The third kappa shape index (κ3) is 4.47. The lowest BCUT2D eigenvalue weighted by Crippen LogP contribution is -2.27. The van der Waals surface area contributed by atoms with Crippen molar-refractivity contribution in [1.82, 2.24) is 9.78 Å². The van der Waals surface area contributed by atoms with Crippen LogP contribution in [0.1, 0.15) is 46.5 Å². The van der Waals surface area contributed by atoms with Gasteiger partial charge in [0.25, 0.3) is 5.56 Å². The quantitative estimate of drug-likeness (QED) is 0.900. The van der Waals surface area contributed by atoms with Crippen molar-refractivity contribution in [3.63, 3.8) is 0 Å². The summed E-state index contributed by atoms with van der Waals surface area (Å²) in [6, 6.07) is 0. The highest BCUT2D eigenvalue weighted by molar-refractivity contribution is 6.32. The van der Waals surface area contributed by atoms with Gasteiger partial charge in [-0.15, -0.1) is 0 Å². The second kappa shape index (κ2) is 7.30. The van der Waals surface area contributed by atoms with Crippen molar-refractivity contribution in [2.45, 2.75) is 53.0 Å². The minimum Gasteiger partial charge on any atom is -0.382 e. The molecule has 5 heteroatoms. The van der Waals surface area contributed by atoms with Gasteiger partial charge in [-0.3, -0.25) is 4.79 Å². The van der Waals surface area contributed by atoms with Gasteiger partial charge < -0.3 is 5.32 Å². The van der Waals surface area contributed by atoms with Crippen LogP contribution in [-0.4, -0.2) is 16.3 Å². The van der Waals surface area contributed by atoms with E-state index in [1.807, 2.05) is 0 Å². The second-order valence-corrected chi connectivity index (χ2v) is 7.15. The van der Waals surface area contributed by atoms with Gasteiger partial charge in [0.2, 0.25) is 0 Å². The minimum atomic E-state index is -0.202. The van der Waals surface area contributed by atoms with Gasteiger partial charge in [0.1, 0.15) is 5.02 Å². The molecule has 2 unspecified atom stereocenters. The summed E-state index contributed by atoms with van der Waals surface area (Å²) >= 11 is 6.19. The molecule has 0 saturated heterocycles. The maximum atomic E-state index is 12.2. The van der Waals surface area contributed by atoms with Gasteiger partial charge in [0.15, 0.2) is 0 Å². The SMILES string of the molecule is CC(C)Cn1ncc(NCC2CCCC(C)C2)c(Cl)c1=O. The van der Waals surface area contributed by atoms with Crippen LogP contribution in [0, 0.1) is 17.8 Å². The Bertz CT molecular complexity index is 527. The molecule has 4 nitrogen and oxygen atoms in total. The Labute approximate surface area is 131 Å². The van der Waals surface area contributed by atoms with E-state index in [9.17, 15) is 4.79 Å². The molecule has 118 valence electrons. The fraction of sp³-hybridized carbons (Fsp3) is 0.750. The van der Waals surface area contributed by atoms with Gasteiger partial charge in [-0.1, -0.05) is 45.2 Å². The molecule has 1 heterocycles. The molecule has 1 aromatic rings. The molecule has 0 aliphatic heterocycles. The average molecular weight is 312 g/mol. The maximum Gasteiger partial charge on any atom is 0.287 e. The average Bonchev–Trinajstić information content (AvgIpc) is 2.43. The van der Waals surface area contributed by atoms with Crippen molar-refractivity contribution >= 4 is 17.3 Å². The third-order valence-corrected chi connectivity index (χ3v) is 4.51. The first-order valence-corrected chi connectivity index (χ1v) is 8.34. The predicted octanol–water partition coefficient (Wildman–Crippen LogP) is 3.79. The van der Waals surface area contributed by atoms with Crippen molar-refractivity contribution in [2.75, 3.05) is 11.9 Å². The van der Waals surface area contributed by atoms with Crippen LogP contribution in [0.2, 0.25) is 5.02 Å². The van der Waals surface area contributed by atoms with Gasteiger partial charge >= 0.3 is 0 Å². The number of anilines is 1. The molecule has 0 radical (unpaired) electrons. The molecule has 0 aromatic carbocycles. The lowest BCUT2D eigenvalue weighted by molar-refractivity contribution is 0.293. The number of hydrogen-bond donors (Lipinski definition) is 1. The lowest BCUT2D eigenvalue weighted by atomic mass is 9.82. The largest absolute Gasteiger partial charge is 0.382 e. The fourth-order valence-corrected chi connectivity index (χ4v) is 3.28. The number of nitrogens with zero attached hydrogens (tertiary/aromatic N) is 2. The van der Waals surface area contributed by atoms with Gasteiger partial charge in [0, 0.05) is 13.1 Å². The van der Waals surface area contributed by atoms with Crippen LogP contribution in [0.15, 0.2) is 11.0 Å². The molecule has 0 bridgehead atoms. The first kappa shape index (κ1) is 16.3. The van der Waals surface area contributed by atoms with Crippen LogP contribution < -0.4 is 10.9 Å². The molecule has 1 fully saturated rings. The molecule has 1 aliphatic carbocycles. The topological polar surface area (TPSA) is 46.9 Å². The van der Waals surface area contributed by atoms with Gasteiger partial charge in [-0.2, -0.15) is 5.10 Å². The van der Waals surface area contributed by atoms with Crippen molar-refractivity contribution in [1.29, 1.82) is 0 Å². The summed E-state index contributed by atoms with van der Waals surface area (Å²) in [6.45, 7) is 7.89. The monoisotopic (exact) mass is 311 g/mol. The van der Waals surface area contributed by atoms with E-state index in [1.54, 1.807) is 6.20 Å². The van der Waals surface area contributed by atoms with Crippen LogP contribution >= 0.6 is 11.6 Å². The fourth-order valence-electron chi connectivity index (χ4n) is 3.06. The number of hydrogen-bond acceptors (Lipinski definition) is 3. The molecule has 1 saturated carbocycles. The van der Waals surface area contributed by atoms with E-state index in [0.717, 1.165) is 12.5 Å². The molecule has 0 spiro atoms. The minimum absolute atomic E-state index is 0.202. The van der Waals surface area contributed by atoms with E-state index in [0.29, 0.717) is 24.1 Å². The molecule has 0 amide bonds. The Morgan fingerprint density at radius 1 is 1.48 bits per heavy atom. The Morgan fingerprint density at radius 3 is 2.90 bits per heavy atom. The Morgan fingerprint density at radius 2 is 2.24 bits per heavy atom. The van der Waals surface area contributed by atoms with E-state index >= 15 is 0 Å². The molecular weight excluding hydrogens is 286 g/mol. The molecule has 1 aliphatic rings. The standard InChI is InChI=1S/C16H26ClN3O/c1-11(2)10-20-16(21)15(17)14(9-19-20)18-8-13-6-4-5-12(3)7-13/h9,11-13,18H,4-8,10H2,1-3H3. The van der Waals surface area contributed by atoms with E-state index in [1.165, 1.54) is 30.4 Å². The second-order valence-electron chi connectivity index (χ2n) is 6.77. The molecule has 2 rings (SSSR count). The van der Waals surface area contributed by atoms with Crippen molar-refractivity contribution in [3.8, 4) is 0 Å². The van der Waals surface area contributed by atoms with Gasteiger partial charge in [-0.05, 0) is 30.6 Å².